The summed E-state index contributed by atoms with van der Waals surface area (Å²) in [6, 6.07) is 17.2. The first-order valence-electron chi connectivity index (χ1n) is 15.6. The van der Waals surface area contributed by atoms with E-state index in [0.717, 1.165) is 42.3 Å². The van der Waals surface area contributed by atoms with Gasteiger partial charge in [0.25, 0.3) is 0 Å². The van der Waals surface area contributed by atoms with Gasteiger partial charge in [0.1, 0.15) is 23.5 Å². The molecule has 10 heteroatoms. The fourth-order valence-corrected chi connectivity index (χ4v) is 5.23. The summed E-state index contributed by atoms with van der Waals surface area (Å²) >= 11 is 0. The molecule has 10 nitrogen and oxygen atoms in total. The minimum Gasteiger partial charge on any atom is -0.465 e. The number of hydrogen-bond acceptors (Lipinski definition) is 7. The molecule has 0 bridgehead atoms. The van der Waals surface area contributed by atoms with E-state index in [2.05, 4.69) is 33.1 Å². The van der Waals surface area contributed by atoms with Crippen molar-refractivity contribution in [2.24, 2.45) is 5.92 Å². The van der Waals surface area contributed by atoms with E-state index in [1.807, 2.05) is 55.6 Å². The summed E-state index contributed by atoms with van der Waals surface area (Å²) in [6.45, 7) is 11.5. The number of aromatic amines is 1. The lowest BCUT2D eigenvalue weighted by Crippen LogP contribution is -2.57. The average molecular weight is 621 g/mol. The molecule has 1 saturated heterocycles. The van der Waals surface area contributed by atoms with Gasteiger partial charge < -0.3 is 35.2 Å². The Morgan fingerprint density at radius 3 is 2.38 bits per heavy atom. The van der Waals surface area contributed by atoms with Crippen molar-refractivity contribution in [2.45, 2.75) is 90.4 Å². The summed E-state index contributed by atoms with van der Waals surface area (Å²) in [5.74, 6) is -0.219. The predicted molar refractivity (Wildman–Crippen MR) is 175 cm³/mol. The third-order valence-electron chi connectivity index (χ3n) is 7.45. The number of amides is 2. The van der Waals surface area contributed by atoms with Gasteiger partial charge in [-0.3, -0.25) is 9.59 Å². The number of carbonyl (C=O) groups is 4. The maximum Gasteiger partial charge on any atom is 0.408 e. The van der Waals surface area contributed by atoms with Gasteiger partial charge in [-0.1, -0.05) is 48.5 Å². The molecule has 0 saturated carbocycles. The number of esters is 1. The Bertz CT molecular complexity index is 1410. The van der Waals surface area contributed by atoms with Crippen molar-refractivity contribution in [2.75, 3.05) is 13.2 Å². The van der Waals surface area contributed by atoms with Crippen LogP contribution in [0.4, 0.5) is 4.79 Å². The Morgan fingerprint density at radius 1 is 1.02 bits per heavy atom. The summed E-state index contributed by atoms with van der Waals surface area (Å²) in [5, 5.41) is 9.53. The molecular formula is C35H48N4O6. The highest BCUT2D eigenvalue weighted by Crippen LogP contribution is 2.22. The van der Waals surface area contributed by atoms with E-state index in [1.54, 1.807) is 34.6 Å². The SMILES string of the molecule is CC(C)(C)OC(=O)NC(C)(C)C(=O)N[C@@H](C=O)Cc1c[nH]c2ccccc12.CCOC(=O)C1NCCCC1Cc1ccccc1. The monoisotopic (exact) mass is 620 g/mol. The molecule has 2 aromatic carbocycles. The number of aldehydes is 1. The Hall–Kier alpha value is -4.18. The Morgan fingerprint density at radius 2 is 1.71 bits per heavy atom. The van der Waals surface area contributed by atoms with Crippen molar-refractivity contribution < 1.29 is 28.7 Å². The molecule has 4 N–H and O–H groups in total. The van der Waals surface area contributed by atoms with Gasteiger partial charge in [0.15, 0.2) is 0 Å². The molecule has 1 aliphatic rings. The number of ether oxygens (including phenoxy) is 2. The molecule has 4 rings (SSSR count). The highest BCUT2D eigenvalue weighted by molar-refractivity contribution is 5.91. The summed E-state index contributed by atoms with van der Waals surface area (Å²) in [6.07, 6.45) is 5.35. The first kappa shape index (κ1) is 35.3. The number of aromatic nitrogens is 1. The smallest absolute Gasteiger partial charge is 0.408 e. The van der Waals surface area contributed by atoms with Gasteiger partial charge in [-0.2, -0.15) is 0 Å². The van der Waals surface area contributed by atoms with Gasteiger partial charge in [0.05, 0.1) is 12.6 Å². The van der Waals surface area contributed by atoms with E-state index >= 15 is 0 Å². The molecule has 2 heterocycles. The fourth-order valence-electron chi connectivity index (χ4n) is 5.23. The number of piperidine rings is 1. The van der Waals surface area contributed by atoms with E-state index < -0.39 is 29.2 Å². The maximum absolute atomic E-state index is 12.6. The van der Waals surface area contributed by atoms with Crippen LogP contribution in [0.5, 0.6) is 0 Å². The standard InChI is InChI=1S/C20H27N3O4.C15H21NO2/c1-19(2,3)27-18(26)23-20(4,5)17(25)22-14(12-24)10-13-11-21-16-9-7-6-8-15(13)16;1-2-18-15(17)14-13(9-6-10-16-14)11-12-7-4-3-5-8-12/h6-9,11-12,14,21H,10H2,1-5H3,(H,22,25)(H,23,26);3-5,7-8,13-14,16H,2,6,9-11H2,1H3/t14-;/m1./s1. The lowest BCUT2D eigenvalue weighted by atomic mass is 9.85. The van der Waals surface area contributed by atoms with Crippen LogP contribution in [0, 0.1) is 5.92 Å². The summed E-state index contributed by atoms with van der Waals surface area (Å²) in [4.78, 5) is 51.1. The van der Waals surface area contributed by atoms with Crippen LogP contribution in [-0.4, -0.2) is 65.6 Å². The van der Waals surface area contributed by atoms with Gasteiger partial charge in [0.2, 0.25) is 5.91 Å². The van der Waals surface area contributed by atoms with E-state index in [1.165, 1.54) is 5.56 Å². The second-order valence-corrected chi connectivity index (χ2v) is 12.8. The first-order chi connectivity index (χ1) is 21.3. The summed E-state index contributed by atoms with van der Waals surface area (Å²) < 4.78 is 10.3. The molecule has 2 amide bonds. The number of para-hydroxylation sites is 1. The topological polar surface area (TPSA) is 139 Å². The highest BCUT2D eigenvalue weighted by atomic mass is 16.6. The number of fused-ring (bicyclic) bond motifs is 1. The molecule has 1 fully saturated rings. The molecule has 0 radical (unpaired) electrons. The van der Waals surface area contributed by atoms with Crippen molar-refractivity contribution in [3.8, 4) is 0 Å². The second kappa shape index (κ2) is 16.2. The molecule has 0 aliphatic carbocycles. The van der Waals surface area contributed by atoms with E-state index in [9.17, 15) is 19.2 Å². The quantitative estimate of drug-likeness (QED) is 0.188. The number of hydrogen-bond donors (Lipinski definition) is 4. The first-order valence-corrected chi connectivity index (χ1v) is 15.6. The molecule has 0 spiro atoms. The zero-order chi connectivity index (χ0) is 33.0. The minimum absolute atomic E-state index is 0.0990. The third kappa shape index (κ3) is 11.0. The fraction of sp³-hybridized carbons (Fsp3) is 0.486. The van der Waals surface area contributed by atoms with Crippen LogP contribution in [0.3, 0.4) is 0 Å². The van der Waals surface area contributed by atoms with E-state index in [4.69, 9.17) is 9.47 Å². The van der Waals surface area contributed by atoms with Crippen molar-refractivity contribution >= 4 is 35.2 Å². The van der Waals surface area contributed by atoms with Crippen molar-refractivity contribution in [3.63, 3.8) is 0 Å². The van der Waals surface area contributed by atoms with Gasteiger partial charge in [-0.15, -0.1) is 0 Å². The van der Waals surface area contributed by atoms with Crippen LogP contribution < -0.4 is 16.0 Å². The molecule has 244 valence electrons. The Kier molecular flexibility index (Phi) is 12.7. The summed E-state index contributed by atoms with van der Waals surface area (Å²) in [5.41, 5.74) is 1.29. The zero-order valence-electron chi connectivity index (χ0n) is 27.3. The van der Waals surface area contributed by atoms with Gasteiger partial charge in [-0.05, 0) is 90.5 Å². The molecule has 2 unspecified atom stereocenters. The van der Waals surface area contributed by atoms with E-state index in [-0.39, 0.29) is 12.0 Å². The lowest BCUT2D eigenvalue weighted by Gasteiger charge is -2.31. The van der Waals surface area contributed by atoms with Gasteiger partial charge >= 0.3 is 12.1 Å². The van der Waals surface area contributed by atoms with Crippen molar-refractivity contribution in [1.82, 2.24) is 20.9 Å². The highest BCUT2D eigenvalue weighted by Gasteiger charge is 2.33. The maximum atomic E-state index is 12.6. The molecule has 45 heavy (non-hydrogen) atoms. The third-order valence-corrected chi connectivity index (χ3v) is 7.45. The lowest BCUT2D eigenvalue weighted by molar-refractivity contribution is -0.147. The van der Waals surface area contributed by atoms with Gasteiger partial charge in [0, 0.05) is 23.5 Å². The van der Waals surface area contributed by atoms with Crippen molar-refractivity contribution in [1.29, 1.82) is 0 Å². The van der Waals surface area contributed by atoms with Crippen LogP contribution in [0.15, 0.2) is 60.8 Å². The number of H-pyrrole nitrogens is 1. The number of benzene rings is 2. The van der Waals surface area contributed by atoms with Crippen LogP contribution in [0.2, 0.25) is 0 Å². The normalized spacial score (nSPS) is 17.3. The minimum atomic E-state index is -1.23. The number of rotatable bonds is 10. The predicted octanol–water partition coefficient (Wildman–Crippen LogP) is 4.86. The molecular weight excluding hydrogens is 572 g/mol. The molecule has 1 aliphatic heterocycles. The number of carbonyl (C=O) groups excluding carboxylic acids is 4. The van der Waals surface area contributed by atoms with Crippen molar-refractivity contribution in [3.05, 3.63) is 71.9 Å². The van der Waals surface area contributed by atoms with Crippen LogP contribution in [-0.2, 0) is 36.7 Å². The number of nitrogens with one attached hydrogen (secondary N) is 4. The Balaban J connectivity index is 0.000000265. The summed E-state index contributed by atoms with van der Waals surface area (Å²) in [7, 11) is 0. The largest absolute Gasteiger partial charge is 0.465 e. The number of alkyl carbamates (subject to hydrolysis) is 1. The van der Waals surface area contributed by atoms with Crippen LogP contribution in [0.25, 0.3) is 10.9 Å². The van der Waals surface area contributed by atoms with E-state index in [0.29, 0.717) is 25.2 Å². The zero-order valence-corrected chi connectivity index (χ0v) is 27.3. The van der Waals surface area contributed by atoms with Crippen LogP contribution in [0.1, 0.15) is 65.5 Å². The second-order valence-electron chi connectivity index (χ2n) is 12.8. The average Bonchev–Trinajstić information content (AvgIpc) is 3.39. The van der Waals surface area contributed by atoms with Crippen LogP contribution >= 0.6 is 0 Å². The Labute approximate surface area is 266 Å². The molecule has 3 atom stereocenters. The molecule has 1 aromatic heterocycles. The van der Waals surface area contributed by atoms with Gasteiger partial charge in [-0.25, -0.2) is 4.79 Å². The molecule has 3 aromatic rings.